The second-order valence-corrected chi connectivity index (χ2v) is 8.27. The number of halogens is 1. The molecule has 0 bridgehead atoms. The topological polar surface area (TPSA) is 83.6 Å². The molecule has 1 aliphatic rings. The lowest BCUT2D eigenvalue weighted by Crippen LogP contribution is -2.48. The average Bonchev–Trinajstić information content (AvgIpc) is 2.46. The maximum atomic E-state index is 12.0. The van der Waals surface area contributed by atoms with Crippen molar-refractivity contribution in [2.24, 2.45) is 5.92 Å². The summed E-state index contributed by atoms with van der Waals surface area (Å²) in [7, 11) is 1.52. The molecule has 8 heteroatoms. The number of carbonyl (C=O) groups excluding carboxylic acids is 2. The first-order valence-electron chi connectivity index (χ1n) is 7.39. The van der Waals surface area contributed by atoms with Crippen molar-refractivity contribution in [2.75, 3.05) is 13.1 Å². The quantitative estimate of drug-likeness (QED) is 0.836. The van der Waals surface area contributed by atoms with Gasteiger partial charge in [0.2, 0.25) is 5.91 Å². The second kappa shape index (κ2) is 7.31. The van der Waals surface area contributed by atoms with E-state index in [1.807, 2.05) is 6.92 Å². The van der Waals surface area contributed by atoms with Gasteiger partial charge in [-0.2, -0.15) is 0 Å². The summed E-state index contributed by atoms with van der Waals surface area (Å²) >= 11 is 0. The van der Waals surface area contributed by atoms with E-state index in [1.165, 1.54) is 17.0 Å². The van der Waals surface area contributed by atoms with Crippen LogP contribution in [0.1, 0.15) is 25.3 Å². The fourth-order valence-corrected chi connectivity index (χ4v) is 3.20. The molecule has 0 saturated carbocycles. The van der Waals surface area contributed by atoms with Gasteiger partial charge in [0.15, 0.2) is 0 Å². The summed E-state index contributed by atoms with van der Waals surface area (Å²) < 4.78 is 22.3. The number of piperidine rings is 1. The van der Waals surface area contributed by atoms with E-state index in [2.05, 4.69) is 5.32 Å². The molecule has 1 atom stereocenters. The van der Waals surface area contributed by atoms with Gasteiger partial charge < -0.3 is 5.32 Å². The highest BCUT2D eigenvalue weighted by molar-refractivity contribution is 8.13. The molecule has 3 amide bonds. The lowest BCUT2D eigenvalue weighted by Gasteiger charge is -2.28. The highest BCUT2D eigenvalue weighted by Gasteiger charge is 2.27. The molecular weight excluding hydrogens is 340 g/mol. The van der Waals surface area contributed by atoms with Crippen molar-refractivity contribution in [1.29, 1.82) is 0 Å². The molecular formula is C15H19ClN2O4S. The van der Waals surface area contributed by atoms with Gasteiger partial charge in [-0.25, -0.2) is 13.2 Å². The Morgan fingerprint density at radius 2 is 2.00 bits per heavy atom. The van der Waals surface area contributed by atoms with E-state index in [4.69, 9.17) is 10.7 Å². The molecule has 0 spiro atoms. The summed E-state index contributed by atoms with van der Waals surface area (Å²) in [6.07, 6.45) is 1.77. The number of hydrogen-bond acceptors (Lipinski definition) is 4. The van der Waals surface area contributed by atoms with Gasteiger partial charge in [-0.15, -0.1) is 0 Å². The lowest BCUT2D eigenvalue weighted by atomic mass is 9.99. The van der Waals surface area contributed by atoms with Crippen molar-refractivity contribution in [1.82, 2.24) is 10.2 Å². The van der Waals surface area contributed by atoms with Gasteiger partial charge in [0, 0.05) is 30.2 Å². The Bertz CT molecular complexity index is 688. The van der Waals surface area contributed by atoms with Crippen molar-refractivity contribution in [2.45, 2.75) is 31.1 Å². The van der Waals surface area contributed by atoms with Crippen LogP contribution in [0, 0.1) is 5.92 Å². The second-order valence-electron chi connectivity index (χ2n) is 5.71. The molecule has 1 aromatic carbocycles. The summed E-state index contributed by atoms with van der Waals surface area (Å²) in [6.45, 7) is 2.82. The maximum Gasteiger partial charge on any atom is 0.324 e. The third kappa shape index (κ3) is 4.94. The molecule has 1 fully saturated rings. The maximum absolute atomic E-state index is 12.0. The number of nitrogens with one attached hydrogen (secondary N) is 1. The van der Waals surface area contributed by atoms with Crippen LogP contribution >= 0.6 is 10.7 Å². The summed E-state index contributed by atoms with van der Waals surface area (Å²) in [4.78, 5) is 25.1. The summed E-state index contributed by atoms with van der Waals surface area (Å²) in [6, 6.07) is 5.77. The minimum atomic E-state index is -3.72. The Kier molecular flexibility index (Phi) is 5.64. The van der Waals surface area contributed by atoms with Crippen molar-refractivity contribution in [3.63, 3.8) is 0 Å². The molecule has 1 unspecified atom stereocenters. The lowest BCUT2D eigenvalue weighted by molar-refractivity contribution is -0.131. The normalized spacial score (nSPS) is 18.8. The molecule has 1 saturated heterocycles. The van der Waals surface area contributed by atoms with Crippen LogP contribution < -0.4 is 5.32 Å². The van der Waals surface area contributed by atoms with Gasteiger partial charge in [-0.05, 0) is 36.5 Å². The predicted molar refractivity (Wildman–Crippen MR) is 86.7 cm³/mol. The van der Waals surface area contributed by atoms with E-state index < -0.39 is 9.05 Å². The summed E-state index contributed by atoms with van der Waals surface area (Å²) in [5, 5.41) is 2.71. The zero-order valence-electron chi connectivity index (χ0n) is 12.8. The first-order chi connectivity index (χ1) is 10.8. The molecule has 23 heavy (non-hydrogen) atoms. The molecule has 1 heterocycles. The van der Waals surface area contributed by atoms with Gasteiger partial charge in [-0.3, -0.25) is 9.69 Å². The van der Waals surface area contributed by atoms with Crippen LogP contribution in [0.15, 0.2) is 29.2 Å². The first-order valence-corrected chi connectivity index (χ1v) is 9.70. The molecule has 1 N–H and O–H groups in total. The smallest absolute Gasteiger partial charge is 0.324 e. The minimum absolute atomic E-state index is 0.0417. The van der Waals surface area contributed by atoms with Gasteiger partial charge in [0.25, 0.3) is 9.05 Å². The van der Waals surface area contributed by atoms with E-state index in [0.717, 1.165) is 12.0 Å². The Labute approximate surface area is 140 Å². The molecule has 2 rings (SSSR count). The number of nitrogens with zero attached hydrogens (tertiary/aromatic N) is 1. The van der Waals surface area contributed by atoms with Gasteiger partial charge in [0.1, 0.15) is 0 Å². The number of imide groups is 1. The van der Waals surface area contributed by atoms with Crippen molar-refractivity contribution >= 4 is 31.7 Å². The molecule has 1 aromatic rings. The van der Waals surface area contributed by atoms with Crippen LogP contribution in [-0.4, -0.2) is 38.3 Å². The SMILES string of the molecule is CC1CCN(C(=O)NCCc2ccc(S(=O)(=O)Cl)cc2)C(=O)C1. The molecule has 0 aliphatic carbocycles. The van der Waals surface area contributed by atoms with Gasteiger partial charge >= 0.3 is 6.03 Å². The molecule has 0 aromatic heterocycles. The Morgan fingerprint density at radius 1 is 1.35 bits per heavy atom. The minimum Gasteiger partial charge on any atom is -0.337 e. The van der Waals surface area contributed by atoms with Crippen LogP contribution in [0.25, 0.3) is 0 Å². The summed E-state index contributed by atoms with van der Waals surface area (Å²) in [5.74, 6) is 0.182. The van der Waals surface area contributed by atoms with Crippen LogP contribution in [0.4, 0.5) is 4.79 Å². The monoisotopic (exact) mass is 358 g/mol. The number of amides is 3. The number of hydrogen-bond donors (Lipinski definition) is 1. The number of urea groups is 1. The van der Waals surface area contributed by atoms with Crippen LogP contribution in [0.2, 0.25) is 0 Å². The molecule has 6 nitrogen and oxygen atoms in total. The van der Waals surface area contributed by atoms with E-state index in [-0.39, 0.29) is 16.8 Å². The van der Waals surface area contributed by atoms with E-state index in [0.29, 0.717) is 31.8 Å². The van der Waals surface area contributed by atoms with E-state index in [9.17, 15) is 18.0 Å². The molecule has 126 valence electrons. The van der Waals surface area contributed by atoms with Crippen molar-refractivity contribution < 1.29 is 18.0 Å². The van der Waals surface area contributed by atoms with Gasteiger partial charge in [-0.1, -0.05) is 19.1 Å². The van der Waals surface area contributed by atoms with E-state index in [1.54, 1.807) is 12.1 Å². The van der Waals surface area contributed by atoms with Crippen LogP contribution in [0.3, 0.4) is 0 Å². The Hall–Kier alpha value is -1.60. The zero-order chi connectivity index (χ0) is 17.0. The van der Waals surface area contributed by atoms with Crippen molar-refractivity contribution in [3.05, 3.63) is 29.8 Å². The standard InChI is InChI=1S/C15H19ClN2O4S/c1-11-7-9-18(14(19)10-11)15(20)17-8-6-12-2-4-13(5-3-12)23(16,21)22/h2-5,11H,6-10H2,1H3,(H,17,20). The third-order valence-electron chi connectivity index (χ3n) is 3.81. The van der Waals surface area contributed by atoms with Crippen LogP contribution in [-0.2, 0) is 20.3 Å². The third-order valence-corrected chi connectivity index (χ3v) is 5.18. The largest absolute Gasteiger partial charge is 0.337 e. The fourth-order valence-electron chi connectivity index (χ4n) is 2.43. The summed E-state index contributed by atoms with van der Waals surface area (Å²) in [5.41, 5.74) is 0.868. The first kappa shape index (κ1) is 17.7. The number of carbonyl (C=O) groups is 2. The number of rotatable bonds is 4. The number of likely N-dealkylation sites (tertiary alicyclic amines) is 1. The van der Waals surface area contributed by atoms with Gasteiger partial charge in [0.05, 0.1) is 4.90 Å². The Morgan fingerprint density at radius 3 is 2.57 bits per heavy atom. The molecule has 0 radical (unpaired) electrons. The number of benzene rings is 1. The highest BCUT2D eigenvalue weighted by Crippen LogP contribution is 2.17. The fraction of sp³-hybridized carbons (Fsp3) is 0.467. The average molecular weight is 359 g/mol. The van der Waals surface area contributed by atoms with Crippen LogP contribution in [0.5, 0.6) is 0 Å². The highest BCUT2D eigenvalue weighted by atomic mass is 35.7. The zero-order valence-corrected chi connectivity index (χ0v) is 14.4. The molecule has 1 aliphatic heterocycles. The Balaban J connectivity index is 1.83. The predicted octanol–water partition coefficient (Wildman–Crippen LogP) is 2.12. The van der Waals surface area contributed by atoms with E-state index >= 15 is 0 Å². The van der Waals surface area contributed by atoms with Crippen molar-refractivity contribution in [3.8, 4) is 0 Å².